The van der Waals surface area contributed by atoms with E-state index in [1.807, 2.05) is 0 Å². The molecule has 1 aliphatic heterocycles. The number of hydrogen-bond donors (Lipinski definition) is 0. The van der Waals surface area contributed by atoms with Crippen molar-refractivity contribution in [2.45, 2.75) is 20.0 Å². The fourth-order valence-corrected chi connectivity index (χ4v) is 3.03. The Balaban J connectivity index is 1.59. The minimum Gasteiger partial charge on any atom is -0.486 e. The lowest BCUT2D eigenvalue weighted by atomic mass is 10.1. The third kappa shape index (κ3) is 4.18. The van der Waals surface area contributed by atoms with Crippen LogP contribution < -0.4 is 19.8 Å². The SMILES string of the molecule is CC(C)OC(=O)COc1ccc2cc(-c3ccc4c(c3)OCCO4)c(=O)oc2c1. The lowest BCUT2D eigenvalue weighted by Gasteiger charge is -2.18. The van der Waals surface area contributed by atoms with Crippen LogP contribution in [0, 0.1) is 0 Å². The van der Waals surface area contributed by atoms with Gasteiger partial charge in [0.1, 0.15) is 24.5 Å². The second kappa shape index (κ2) is 7.87. The van der Waals surface area contributed by atoms with Gasteiger partial charge in [-0.2, -0.15) is 0 Å². The van der Waals surface area contributed by atoms with Gasteiger partial charge in [0, 0.05) is 11.5 Å². The molecule has 0 saturated heterocycles. The maximum Gasteiger partial charge on any atom is 0.344 e. The van der Waals surface area contributed by atoms with Gasteiger partial charge in [-0.15, -0.1) is 0 Å². The van der Waals surface area contributed by atoms with E-state index >= 15 is 0 Å². The molecule has 2 aromatic carbocycles. The molecule has 0 amide bonds. The Labute approximate surface area is 166 Å². The van der Waals surface area contributed by atoms with Gasteiger partial charge in [-0.25, -0.2) is 9.59 Å². The van der Waals surface area contributed by atoms with E-state index in [1.54, 1.807) is 56.3 Å². The number of fused-ring (bicyclic) bond motifs is 2. The van der Waals surface area contributed by atoms with Crippen molar-refractivity contribution >= 4 is 16.9 Å². The highest BCUT2D eigenvalue weighted by Crippen LogP contribution is 2.34. The van der Waals surface area contributed by atoms with Crippen molar-refractivity contribution in [3.63, 3.8) is 0 Å². The molecule has 1 aliphatic rings. The topological polar surface area (TPSA) is 84.2 Å². The third-order valence-electron chi connectivity index (χ3n) is 4.28. The first-order chi connectivity index (χ1) is 14.0. The van der Waals surface area contributed by atoms with Crippen LogP contribution >= 0.6 is 0 Å². The number of benzene rings is 2. The molecule has 0 aliphatic carbocycles. The second-order valence-electron chi connectivity index (χ2n) is 6.83. The fourth-order valence-electron chi connectivity index (χ4n) is 3.03. The van der Waals surface area contributed by atoms with Gasteiger partial charge in [0.2, 0.25) is 0 Å². The molecule has 3 aromatic rings. The van der Waals surface area contributed by atoms with Crippen LogP contribution in [-0.4, -0.2) is 31.9 Å². The molecule has 1 aromatic heterocycles. The molecular formula is C22H20O7. The summed E-state index contributed by atoms with van der Waals surface area (Å²) in [5.74, 6) is 1.21. The Morgan fingerprint density at radius 1 is 1.03 bits per heavy atom. The lowest BCUT2D eigenvalue weighted by molar-refractivity contribution is -0.149. The predicted octanol–water partition coefficient (Wildman–Crippen LogP) is 3.56. The van der Waals surface area contributed by atoms with Crippen LogP contribution in [0.2, 0.25) is 0 Å². The Morgan fingerprint density at radius 2 is 1.83 bits per heavy atom. The highest BCUT2D eigenvalue weighted by atomic mass is 16.6. The largest absolute Gasteiger partial charge is 0.486 e. The summed E-state index contributed by atoms with van der Waals surface area (Å²) in [4.78, 5) is 24.2. The first-order valence-corrected chi connectivity index (χ1v) is 9.30. The summed E-state index contributed by atoms with van der Waals surface area (Å²) >= 11 is 0. The molecule has 7 nitrogen and oxygen atoms in total. The molecule has 7 heteroatoms. The zero-order valence-corrected chi connectivity index (χ0v) is 16.1. The van der Waals surface area contributed by atoms with Gasteiger partial charge in [0.25, 0.3) is 0 Å². The average Bonchev–Trinajstić information content (AvgIpc) is 2.70. The van der Waals surface area contributed by atoms with E-state index in [9.17, 15) is 9.59 Å². The first-order valence-electron chi connectivity index (χ1n) is 9.30. The maximum absolute atomic E-state index is 12.5. The van der Waals surface area contributed by atoms with Crippen molar-refractivity contribution < 1.29 is 28.2 Å². The molecule has 0 N–H and O–H groups in total. The number of hydrogen-bond acceptors (Lipinski definition) is 7. The van der Waals surface area contributed by atoms with Crippen LogP contribution in [0.3, 0.4) is 0 Å². The van der Waals surface area contributed by atoms with Crippen LogP contribution in [0.25, 0.3) is 22.1 Å². The van der Waals surface area contributed by atoms with E-state index in [0.29, 0.717) is 47.2 Å². The third-order valence-corrected chi connectivity index (χ3v) is 4.28. The molecule has 0 spiro atoms. The van der Waals surface area contributed by atoms with Crippen molar-refractivity contribution in [1.82, 2.24) is 0 Å². The van der Waals surface area contributed by atoms with E-state index < -0.39 is 11.6 Å². The van der Waals surface area contributed by atoms with E-state index in [1.165, 1.54) is 0 Å². The van der Waals surface area contributed by atoms with Gasteiger partial charge in [-0.05, 0) is 49.7 Å². The minimum absolute atomic E-state index is 0.209. The van der Waals surface area contributed by atoms with Crippen molar-refractivity contribution in [2.24, 2.45) is 0 Å². The minimum atomic E-state index is -0.481. The standard InChI is InChI=1S/C22H20O7/c1-13(2)28-21(23)12-27-16-5-3-15-9-17(22(24)29-19(15)11-16)14-4-6-18-20(10-14)26-8-7-25-18/h3-6,9-11,13H,7-8,12H2,1-2H3. The van der Waals surface area contributed by atoms with Crippen molar-refractivity contribution in [3.8, 4) is 28.4 Å². The fraction of sp³-hybridized carbons (Fsp3) is 0.273. The molecule has 0 fully saturated rings. The Bertz CT molecular complexity index is 1110. The Kier molecular flexibility index (Phi) is 5.12. The highest BCUT2D eigenvalue weighted by molar-refractivity contribution is 5.83. The Hall–Kier alpha value is -3.48. The zero-order valence-electron chi connectivity index (χ0n) is 16.1. The summed E-state index contributed by atoms with van der Waals surface area (Å²) in [7, 11) is 0. The highest BCUT2D eigenvalue weighted by Gasteiger charge is 2.15. The molecule has 150 valence electrons. The summed E-state index contributed by atoms with van der Waals surface area (Å²) in [6, 6.07) is 12.1. The van der Waals surface area contributed by atoms with Gasteiger partial charge in [-0.3, -0.25) is 0 Å². The smallest absolute Gasteiger partial charge is 0.344 e. The van der Waals surface area contributed by atoms with Gasteiger partial charge in [-0.1, -0.05) is 6.07 Å². The van der Waals surface area contributed by atoms with Crippen LogP contribution in [0.4, 0.5) is 0 Å². The van der Waals surface area contributed by atoms with E-state index in [-0.39, 0.29) is 12.7 Å². The molecule has 4 rings (SSSR count). The molecule has 2 heterocycles. The van der Waals surface area contributed by atoms with Crippen LogP contribution in [0.5, 0.6) is 17.2 Å². The molecule has 0 bridgehead atoms. The molecule has 29 heavy (non-hydrogen) atoms. The molecule has 0 radical (unpaired) electrons. The normalized spacial score (nSPS) is 12.8. The molecule has 0 unspecified atom stereocenters. The summed E-state index contributed by atoms with van der Waals surface area (Å²) in [6.07, 6.45) is -0.209. The van der Waals surface area contributed by atoms with Crippen molar-refractivity contribution in [3.05, 3.63) is 52.9 Å². The zero-order chi connectivity index (χ0) is 20.4. The summed E-state index contributed by atoms with van der Waals surface area (Å²) in [5, 5.41) is 0.728. The number of esters is 1. The molecule has 0 saturated carbocycles. The average molecular weight is 396 g/mol. The van der Waals surface area contributed by atoms with Crippen LogP contribution in [-0.2, 0) is 9.53 Å². The molecule has 0 atom stereocenters. The van der Waals surface area contributed by atoms with Gasteiger partial charge in [0.05, 0.1) is 11.7 Å². The van der Waals surface area contributed by atoms with Crippen molar-refractivity contribution in [1.29, 1.82) is 0 Å². The van der Waals surface area contributed by atoms with Crippen LogP contribution in [0.1, 0.15) is 13.8 Å². The molecular weight excluding hydrogens is 376 g/mol. The van der Waals surface area contributed by atoms with Gasteiger partial charge < -0.3 is 23.4 Å². The second-order valence-corrected chi connectivity index (χ2v) is 6.83. The number of carbonyl (C=O) groups is 1. The van der Waals surface area contributed by atoms with Crippen LogP contribution in [0.15, 0.2) is 51.7 Å². The lowest BCUT2D eigenvalue weighted by Crippen LogP contribution is -2.18. The number of carbonyl (C=O) groups excluding carboxylic acids is 1. The quantitative estimate of drug-likeness (QED) is 0.482. The van der Waals surface area contributed by atoms with E-state index in [2.05, 4.69) is 0 Å². The number of rotatable bonds is 5. The predicted molar refractivity (Wildman–Crippen MR) is 106 cm³/mol. The van der Waals surface area contributed by atoms with Gasteiger partial charge >= 0.3 is 11.6 Å². The monoisotopic (exact) mass is 396 g/mol. The van der Waals surface area contributed by atoms with E-state index in [0.717, 1.165) is 5.39 Å². The number of ether oxygens (including phenoxy) is 4. The van der Waals surface area contributed by atoms with Gasteiger partial charge in [0.15, 0.2) is 18.1 Å². The maximum atomic E-state index is 12.5. The van der Waals surface area contributed by atoms with E-state index in [4.69, 9.17) is 23.4 Å². The first kappa shape index (κ1) is 18.9. The summed E-state index contributed by atoms with van der Waals surface area (Å²) in [6.45, 7) is 4.28. The Morgan fingerprint density at radius 3 is 2.62 bits per heavy atom. The summed E-state index contributed by atoms with van der Waals surface area (Å²) in [5.41, 5.74) is 0.988. The summed E-state index contributed by atoms with van der Waals surface area (Å²) < 4.78 is 27.0. The van der Waals surface area contributed by atoms with Crippen molar-refractivity contribution in [2.75, 3.05) is 19.8 Å².